The molecule has 0 fully saturated rings. The van der Waals surface area contributed by atoms with Crippen LogP contribution >= 0.6 is 7.82 Å². The molecule has 0 spiro atoms. The number of unbranched alkanes of at least 4 members (excludes halogenated alkanes) is 12. The van der Waals surface area contributed by atoms with Gasteiger partial charge in [0.15, 0.2) is 0 Å². The van der Waals surface area contributed by atoms with Crippen molar-refractivity contribution in [1.82, 2.24) is 5.32 Å². The van der Waals surface area contributed by atoms with Crippen LogP contribution in [0.15, 0.2) is 48.6 Å². The van der Waals surface area contributed by atoms with Crippen molar-refractivity contribution < 1.29 is 33.5 Å². The summed E-state index contributed by atoms with van der Waals surface area (Å²) in [7, 11) is -4.40. The first-order valence-electron chi connectivity index (χ1n) is 17.8. The molecule has 46 heavy (non-hydrogen) atoms. The Bertz CT molecular complexity index is 878. The number of phosphoric ester groups is 1. The topological polar surface area (TPSA) is 151 Å². The number of allylic oxidation sites excluding steroid dienone is 7. The Hall–Kier alpha value is -1.58. The number of amides is 1. The number of carbonyl (C=O) groups excluding carboxylic acids is 1. The van der Waals surface area contributed by atoms with Crippen LogP contribution in [0.4, 0.5) is 0 Å². The molecule has 0 radical (unpaired) electrons. The summed E-state index contributed by atoms with van der Waals surface area (Å²) in [5, 5.41) is 23.7. The zero-order valence-corrected chi connectivity index (χ0v) is 29.8. The lowest BCUT2D eigenvalue weighted by atomic mass is 10.1. The summed E-state index contributed by atoms with van der Waals surface area (Å²) < 4.78 is 21.9. The molecule has 0 aliphatic rings. The Kier molecular flexibility index (Phi) is 30.9. The highest BCUT2D eigenvalue weighted by Crippen LogP contribution is 2.43. The Labute approximate surface area is 280 Å². The zero-order chi connectivity index (χ0) is 34.1. The number of phosphoric acid groups is 1. The number of nitrogens with two attached hydrogens (primary N) is 1. The van der Waals surface area contributed by atoms with Crippen LogP contribution in [0.1, 0.15) is 136 Å². The minimum absolute atomic E-state index is 0.0386. The van der Waals surface area contributed by atoms with Crippen molar-refractivity contribution in [3.8, 4) is 0 Å². The van der Waals surface area contributed by atoms with Crippen molar-refractivity contribution in [2.45, 2.75) is 154 Å². The SMILES string of the molecule is CCCC/C=C\CCCCC(O)CC(=O)NC(COP(=O)(O)OCCN)C(O)/C=C/CC/C=C/CC/C=C/CCCCCCCC. The second-order valence-electron chi connectivity index (χ2n) is 11.9. The number of carbonyl (C=O) groups is 1. The first-order chi connectivity index (χ1) is 22.3. The maximum Gasteiger partial charge on any atom is 0.472 e. The summed E-state index contributed by atoms with van der Waals surface area (Å²) in [5.74, 6) is -0.479. The molecule has 0 aliphatic heterocycles. The summed E-state index contributed by atoms with van der Waals surface area (Å²) in [6.45, 7) is 3.82. The summed E-state index contributed by atoms with van der Waals surface area (Å²) >= 11 is 0. The normalized spacial score (nSPS) is 15.7. The molecular formula is C36H67N2O7P. The number of hydrogen-bond donors (Lipinski definition) is 5. The van der Waals surface area contributed by atoms with Crippen molar-refractivity contribution in [1.29, 1.82) is 0 Å². The Morgan fingerprint density at radius 1 is 0.739 bits per heavy atom. The van der Waals surface area contributed by atoms with Gasteiger partial charge in [-0.2, -0.15) is 0 Å². The van der Waals surface area contributed by atoms with Crippen LogP contribution < -0.4 is 11.1 Å². The third-order valence-electron chi connectivity index (χ3n) is 7.41. The van der Waals surface area contributed by atoms with Crippen LogP contribution in [-0.2, 0) is 18.4 Å². The van der Waals surface area contributed by atoms with E-state index in [0.717, 1.165) is 51.4 Å². The standard InChI is InChI=1S/C36H67N2O7P/c1-3-5-7-9-11-13-14-15-16-17-18-19-20-22-24-26-28-35(40)34(32-45-46(42,43)44-30-29-37)38-36(41)31-33(39)27-25-23-21-12-10-8-6-4-2/h10,12,15-16,19-20,26,28,33-35,39-40H,3-9,11,13-14,17-18,21-25,27,29-32,37H2,1-2H3,(H,38,41)(H,42,43)/b12-10-,16-15+,20-19+,28-26+. The monoisotopic (exact) mass is 670 g/mol. The smallest absolute Gasteiger partial charge is 0.393 e. The number of rotatable bonds is 32. The number of aliphatic hydroxyl groups is 2. The van der Waals surface area contributed by atoms with Crippen LogP contribution in [0, 0.1) is 0 Å². The molecule has 0 bridgehead atoms. The fourth-order valence-electron chi connectivity index (χ4n) is 4.66. The van der Waals surface area contributed by atoms with Gasteiger partial charge in [-0.15, -0.1) is 0 Å². The van der Waals surface area contributed by atoms with E-state index in [1.807, 2.05) is 6.08 Å². The first kappa shape index (κ1) is 44.4. The van der Waals surface area contributed by atoms with Crippen molar-refractivity contribution >= 4 is 13.7 Å². The second kappa shape index (κ2) is 32.0. The molecule has 268 valence electrons. The van der Waals surface area contributed by atoms with E-state index in [0.29, 0.717) is 12.8 Å². The molecule has 0 aliphatic carbocycles. The molecule has 0 aromatic rings. The van der Waals surface area contributed by atoms with Gasteiger partial charge in [0, 0.05) is 6.54 Å². The number of nitrogens with one attached hydrogen (secondary N) is 1. The lowest BCUT2D eigenvalue weighted by molar-refractivity contribution is -0.124. The minimum atomic E-state index is -4.40. The van der Waals surface area contributed by atoms with E-state index < -0.39 is 38.6 Å². The first-order valence-corrected chi connectivity index (χ1v) is 19.3. The van der Waals surface area contributed by atoms with E-state index in [-0.39, 0.29) is 19.6 Å². The molecular weight excluding hydrogens is 603 g/mol. The molecule has 4 atom stereocenters. The molecule has 10 heteroatoms. The van der Waals surface area contributed by atoms with Gasteiger partial charge in [0.1, 0.15) is 0 Å². The van der Waals surface area contributed by atoms with Gasteiger partial charge in [-0.05, 0) is 64.2 Å². The highest BCUT2D eigenvalue weighted by Gasteiger charge is 2.27. The summed E-state index contributed by atoms with van der Waals surface area (Å²) in [6.07, 6.45) is 33.6. The summed E-state index contributed by atoms with van der Waals surface area (Å²) in [5.41, 5.74) is 5.33. The second-order valence-corrected chi connectivity index (χ2v) is 13.3. The van der Waals surface area contributed by atoms with Gasteiger partial charge in [0.25, 0.3) is 0 Å². The molecule has 0 saturated heterocycles. The minimum Gasteiger partial charge on any atom is -0.393 e. The van der Waals surface area contributed by atoms with Crippen LogP contribution in [0.2, 0.25) is 0 Å². The lowest BCUT2D eigenvalue weighted by Gasteiger charge is -2.24. The molecule has 0 saturated carbocycles. The van der Waals surface area contributed by atoms with Crippen LogP contribution in [-0.4, -0.2) is 59.0 Å². The maximum atomic E-state index is 12.7. The molecule has 6 N–H and O–H groups in total. The van der Waals surface area contributed by atoms with E-state index in [1.54, 1.807) is 6.08 Å². The third-order valence-corrected chi connectivity index (χ3v) is 8.39. The van der Waals surface area contributed by atoms with E-state index in [9.17, 15) is 24.5 Å². The summed E-state index contributed by atoms with van der Waals surface area (Å²) in [4.78, 5) is 22.5. The Morgan fingerprint density at radius 3 is 1.87 bits per heavy atom. The van der Waals surface area contributed by atoms with E-state index in [1.165, 1.54) is 51.4 Å². The van der Waals surface area contributed by atoms with Gasteiger partial charge in [-0.1, -0.05) is 114 Å². The molecule has 9 nitrogen and oxygen atoms in total. The van der Waals surface area contributed by atoms with Crippen molar-refractivity contribution in [2.24, 2.45) is 5.73 Å². The van der Waals surface area contributed by atoms with Gasteiger partial charge in [0.2, 0.25) is 5.91 Å². The predicted molar refractivity (Wildman–Crippen MR) is 190 cm³/mol. The predicted octanol–water partition coefficient (Wildman–Crippen LogP) is 7.96. The highest BCUT2D eigenvalue weighted by molar-refractivity contribution is 7.47. The highest BCUT2D eigenvalue weighted by atomic mass is 31.2. The van der Waals surface area contributed by atoms with E-state index in [4.69, 9.17) is 14.8 Å². The lowest BCUT2D eigenvalue weighted by Crippen LogP contribution is -2.46. The van der Waals surface area contributed by atoms with Crippen molar-refractivity contribution in [2.75, 3.05) is 19.8 Å². The average Bonchev–Trinajstić information content (AvgIpc) is 3.03. The van der Waals surface area contributed by atoms with Crippen LogP contribution in [0.25, 0.3) is 0 Å². The van der Waals surface area contributed by atoms with Gasteiger partial charge >= 0.3 is 7.82 Å². The molecule has 0 aromatic heterocycles. The zero-order valence-electron chi connectivity index (χ0n) is 28.9. The van der Waals surface area contributed by atoms with Gasteiger partial charge in [0.05, 0.1) is 37.9 Å². The van der Waals surface area contributed by atoms with Crippen LogP contribution in [0.3, 0.4) is 0 Å². The van der Waals surface area contributed by atoms with Crippen molar-refractivity contribution in [3.05, 3.63) is 48.6 Å². The quantitative estimate of drug-likeness (QED) is 0.0275. The molecule has 0 rings (SSSR count). The number of hydrogen-bond acceptors (Lipinski definition) is 7. The Balaban J connectivity index is 4.59. The largest absolute Gasteiger partial charge is 0.472 e. The molecule has 4 unspecified atom stereocenters. The van der Waals surface area contributed by atoms with Crippen molar-refractivity contribution in [3.63, 3.8) is 0 Å². The maximum absolute atomic E-state index is 12.7. The van der Waals surface area contributed by atoms with E-state index in [2.05, 4.69) is 55.6 Å². The summed E-state index contributed by atoms with van der Waals surface area (Å²) in [6, 6.07) is -1.01. The Morgan fingerprint density at radius 2 is 1.26 bits per heavy atom. The fraction of sp³-hybridized carbons (Fsp3) is 0.750. The van der Waals surface area contributed by atoms with Crippen LogP contribution in [0.5, 0.6) is 0 Å². The third kappa shape index (κ3) is 29.8. The fourth-order valence-corrected chi connectivity index (χ4v) is 5.42. The molecule has 0 heterocycles. The van der Waals surface area contributed by atoms with Gasteiger partial charge < -0.3 is 26.2 Å². The van der Waals surface area contributed by atoms with E-state index >= 15 is 0 Å². The number of aliphatic hydroxyl groups excluding tert-OH is 2. The molecule has 0 aromatic carbocycles. The van der Waals surface area contributed by atoms with Gasteiger partial charge in [-0.25, -0.2) is 4.57 Å². The average molecular weight is 671 g/mol. The van der Waals surface area contributed by atoms with Gasteiger partial charge in [-0.3, -0.25) is 13.8 Å². The molecule has 1 amide bonds.